The molecule has 0 saturated carbocycles. The van der Waals surface area contributed by atoms with Crippen LogP contribution in [0.3, 0.4) is 0 Å². The average Bonchev–Trinajstić information content (AvgIpc) is 3.17. The van der Waals surface area contributed by atoms with Crippen LogP contribution in [0.5, 0.6) is 11.5 Å². The van der Waals surface area contributed by atoms with E-state index in [2.05, 4.69) is 15.3 Å². The average molecular weight is 381 g/mol. The van der Waals surface area contributed by atoms with Gasteiger partial charge in [0.15, 0.2) is 17.3 Å². The van der Waals surface area contributed by atoms with E-state index in [9.17, 15) is 0 Å². The lowest BCUT2D eigenvalue weighted by Gasteiger charge is -2.10. The maximum atomic E-state index is 6.31. The highest BCUT2D eigenvalue weighted by Gasteiger charge is 2.23. The fraction of sp³-hybridized carbons (Fsp3) is 0.438. The van der Waals surface area contributed by atoms with Crippen LogP contribution in [0.25, 0.3) is 0 Å². The fourth-order valence-electron chi connectivity index (χ4n) is 2.85. The fourth-order valence-corrected chi connectivity index (χ4v) is 3.31. The summed E-state index contributed by atoms with van der Waals surface area (Å²) in [6.45, 7) is 1.92. The summed E-state index contributed by atoms with van der Waals surface area (Å²) in [4.78, 5) is 0. The van der Waals surface area contributed by atoms with Gasteiger partial charge < -0.3 is 14.2 Å². The molecule has 0 spiro atoms. The van der Waals surface area contributed by atoms with E-state index in [1.165, 1.54) is 0 Å². The molecule has 1 atom stereocenters. The van der Waals surface area contributed by atoms with Crippen molar-refractivity contribution < 1.29 is 14.2 Å². The molecule has 1 saturated heterocycles. The van der Waals surface area contributed by atoms with Crippen molar-refractivity contribution in [1.29, 1.82) is 0 Å². The number of benzene rings is 1. The zero-order valence-electron chi connectivity index (χ0n) is 13.4. The number of rotatable bonds is 3. The lowest BCUT2D eigenvalue weighted by molar-refractivity contribution is 0.102. The van der Waals surface area contributed by atoms with Gasteiger partial charge in [0.1, 0.15) is 6.10 Å². The molecule has 4 rings (SSSR count). The highest BCUT2D eigenvalue weighted by Crippen LogP contribution is 2.37. The predicted octanol–water partition coefficient (Wildman–Crippen LogP) is 3.49. The second-order valence-corrected chi connectivity index (χ2v) is 6.62. The Labute approximate surface area is 154 Å². The Morgan fingerprint density at radius 3 is 3.00 bits per heavy atom. The van der Waals surface area contributed by atoms with E-state index in [0.717, 1.165) is 31.4 Å². The number of aromatic amines is 1. The quantitative estimate of drug-likeness (QED) is 0.651. The maximum absolute atomic E-state index is 6.31. The van der Waals surface area contributed by atoms with Gasteiger partial charge in [-0.2, -0.15) is 14.9 Å². The van der Waals surface area contributed by atoms with Gasteiger partial charge >= 0.3 is 0 Å². The minimum absolute atomic E-state index is 0.0857. The minimum atomic E-state index is -0.0857. The predicted molar refractivity (Wildman–Crippen MR) is 95.4 cm³/mol. The van der Waals surface area contributed by atoms with Crippen LogP contribution in [0.15, 0.2) is 17.2 Å². The number of hydrogen-bond donors (Lipinski definition) is 1. The van der Waals surface area contributed by atoms with Gasteiger partial charge in [0.05, 0.1) is 24.5 Å². The minimum Gasteiger partial charge on any atom is -0.489 e. The highest BCUT2D eigenvalue weighted by atomic mass is 35.5. The summed E-state index contributed by atoms with van der Waals surface area (Å²) in [5.41, 5.74) is 0.788. The van der Waals surface area contributed by atoms with Gasteiger partial charge in [0.2, 0.25) is 4.77 Å². The van der Waals surface area contributed by atoms with Crippen molar-refractivity contribution in [3.8, 4) is 11.5 Å². The van der Waals surface area contributed by atoms with E-state index < -0.39 is 0 Å². The van der Waals surface area contributed by atoms with Crippen LogP contribution in [0.2, 0.25) is 5.02 Å². The number of nitrogens with zero attached hydrogens (tertiary/aromatic N) is 3. The molecule has 7 nitrogen and oxygen atoms in total. The van der Waals surface area contributed by atoms with Crippen LogP contribution >= 0.6 is 23.8 Å². The van der Waals surface area contributed by atoms with Crippen molar-refractivity contribution >= 4 is 30.0 Å². The summed E-state index contributed by atoms with van der Waals surface area (Å²) in [5.74, 6) is 1.89. The lowest BCUT2D eigenvalue weighted by atomic mass is 10.2. The highest BCUT2D eigenvalue weighted by molar-refractivity contribution is 7.71. The van der Waals surface area contributed by atoms with E-state index in [1.807, 2.05) is 6.07 Å². The number of aromatic nitrogens is 3. The number of nitrogens with one attached hydrogen (secondary N) is 1. The second kappa shape index (κ2) is 7.15. The standard InChI is InChI=1S/C16H17ClN4O3S/c17-11-7-10(8-13-14(11)24-6-2-5-23-13)9-18-21-15(19-20-16(21)25)12-3-1-4-22-12/h7-9,12H,1-6H2,(H,20,25)/b18-9-/t12-/m0/s1. The molecule has 0 aliphatic carbocycles. The molecule has 1 fully saturated rings. The summed E-state index contributed by atoms with van der Waals surface area (Å²) in [5, 5.41) is 12.0. The lowest BCUT2D eigenvalue weighted by Crippen LogP contribution is -2.05. The van der Waals surface area contributed by atoms with Gasteiger partial charge in [-0.05, 0) is 42.8 Å². The van der Waals surface area contributed by atoms with E-state index in [0.29, 0.717) is 40.3 Å². The molecule has 0 bridgehead atoms. The molecular formula is C16H17ClN4O3S. The van der Waals surface area contributed by atoms with Gasteiger partial charge in [0.25, 0.3) is 0 Å². The van der Waals surface area contributed by atoms with Crippen LogP contribution in [0.4, 0.5) is 0 Å². The third-order valence-electron chi connectivity index (χ3n) is 4.04. The SMILES string of the molecule is S=c1[nH]nc([C@@H]2CCCO2)n1/N=C\c1cc(Cl)c2c(c1)OCCCO2. The molecule has 0 amide bonds. The van der Waals surface area contributed by atoms with Gasteiger partial charge in [-0.25, -0.2) is 0 Å². The molecule has 3 heterocycles. The van der Waals surface area contributed by atoms with E-state index in [4.69, 9.17) is 38.0 Å². The normalized spacial score (nSPS) is 20.1. The van der Waals surface area contributed by atoms with E-state index in [-0.39, 0.29) is 6.10 Å². The molecule has 9 heteroatoms. The smallest absolute Gasteiger partial charge is 0.216 e. The summed E-state index contributed by atoms with van der Waals surface area (Å²) < 4.78 is 19.0. The molecule has 1 N–H and O–H groups in total. The van der Waals surface area contributed by atoms with Crippen molar-refractivity contribution in [2.75, 3.05) is 19.8 Å². The maximum Gasteiger partial charge on any atom is 0.216 e. The van der Waals surface area contributed by atoms with Crippen LogP contribution in [-0.2, 0) is 4.74 Å². The molecule has 1 aromatic heterocycles. The Bertz CT molecular complexity index is 858. The number of hydrogen-bond acceptors (Lipinski definition) is 6. The number of fused-ring (bicyclic) bond motifs is 1. The van der Waals surface area contributed by atoms with Gasteiger partial charge in [-0.15, -0.1) is 0 Å². The Kier molecular flexibility index (Phi) is 4.74. The van der Waals surface area contributed by atoms with Crippen molar-refractivity contribution in [1.82, 2.24) is 14.9 Å². The van der Waals surface area contributed by atoms with Crippen LogP contribution < -0.4 is 9.47 Å². The van der Waals surface area contributed by atoms with Crippen molar-refractivity contribution in [3.63, 3.8) is 0 Å². The topological polar surface area (TPSA) is 73.7 Å². The summed E-state index contributed by atoms with van der Waals surface area (Å²) in [6.07, 6.45) is 4.32. The van der Waals surface area contributed by atoms with E-state index >= 15 is 0 Å². The largest absolute Gasteiger partial charge is 0.489 e. The van der Waals surface area contributed by atoms with Crippen molar-refractivity contribution in [3.05, 3.63) is 33.3 Å². The summed E-state index contributed by atoms with van der Waals surface area (Å²) in [6, 6.07) is 3.64. The third-order valence-corrected chi connectivity index (χ3v) is 4.58. The van der Waals surface area contributed by atoms with Gasteiger partial charge in [-0.1, -0.05) is 11.6 Å². The summed E-state index contributed by atoms with van der Waals surface area (Å²) >= 11 is 11.6. The number of ether oxygens (including phenoxy) is 3. The molecule has 2 aliphatic rings. The van der Waals surface area contributed by atoms with Gasteiger partial charge in [-0.3, -0.25) is 5.10 Å². The molecule has 132 valence electrons. The monoisotopic (exact) mass is 380 g/mol. The molecule has 1 aromatic carbocycles. The second-order valence-electron chi connectivity index (χ2n) is 5.83. The first-order valence-corrected chi connectivity index (χ1v) is 8.93. The molecule has 0 unspecified atom stereocenters. The van der Waals surface area contributed by atoms with E-state index in [1.54, 1.807) is 17.0 Å². The van der Waals surface area contributed by atoms with Crippen molar-refractivity contribution in [2.24, 2.45) is 5.10 Å². The van der Waals surface area contributed by atoms with Crippen LogP contribution in [0, 0.1) is 4.77 Å². The Hall–Kier alpha value is -1.90. The first-order valence-electron chi connectivity index (χ1n) is 8.15. The van der Waals surface area contributed by atoms with Gasteiger partial charge in [0, 0.05) is 13.0 Å². The Morgan fingerprint density at radius 2 is 2.16 bits per heavy atom. The number of H-pyrrole nitrogens is 1. The zero-order valence-corrected chi connectivity index (χ0v) is 15.0. The van der Waals surface area contributed by atoms with Crippen LogP contribution in [-0.4, -0.2) is 40.9 Å². The Balaban J connectivity index is 1.64. The molecule has 2 aliphatic heterocycles. The van der Waals surface area contributed by atoms with Crippen molar-refractivity contribution in [2.45, 2.75) is 25.4 Å². The number of halogens is 1. The first kappa shape index (κ1) is 16.6. The first-order chi connectivity index (χ1) is 12.2. The molecule has 25 heavy (non-hydrogen) atoms. The van der Waals surface area contributed by atoms with Crippen LogP contribution in [0.1, 0.15) is 36.8 Å². The third kappa shape index (κ3) is 3.42. The molecular weight excluding hydrogens is 364 g/mol. The molecule has 2 aromatic rings. The zero-order chi connectivity index (χ0) is 17.2. The summed E-state index contributed by atoms with van der Waals surface area (Å²) in [7, 11) is 0. The molecule has 0 radical (unpaired) electrons. The Morgan fingerprint density at radius 1 is 1.28 bits per heavy atom.